The summed E-state index contributed by atoms with van der Waals surface area (Å²) in [5.74, 6) is 1.09. The fraction of sp³-hybridized carbons (Fsp3) is 0.667. The molecule has 2 aliphatic rings. The highest BCUT2D eigenvalue weighted by Gasteiger charge is 2.09. The van der Waals surface area contributed by atoms with Crippen LogP contribution in [0.2, 0.25) is 0 Å². The van der Waals surface area contributed by atoms with E-state index in [1.165, 1.54) is 82.6 Å². The lowest BCUT2D eigenvalue weighted by atomic mass is 9.88. The Bertz CT molecular complexity index is 468. The second-order valence-corrected chi connectivity index (χ2v) is 8.03. The van der Waals surface area contributed by atoms with Gasteiger partial charge in [-0.2, -0.15) is 0 Å². The van der Waals surface area contributed by atoms with Crippen molar-refractivity contribution < 1.29 is 0 Å². The van der Waals surface area contributed by atoms with E-state index in [9.17, 15) is 0 Å². The lowest BCUT2D eigenvalue weighted by molar-refractivity contribution is 0.349. The maximum atomic E-state index is 2.32. The van der Waals surface area contributed by atoms with Gasteiger partial charge in [-0.1, -0.05) is 213 Å². The first kappa shape index (κ1) is 41.6. The molecule has 0 atom stereocenters. The molecule has 212 valence electrons. The van der Waals surface area contributed by atoms with Crippen LogP contribution in [0.3, 0.4) is 0 Å². The van der Waals surface area contributed by atoms with Gasteiger partial charge in [-0.15, -0.1) is 0 Å². The number of benzene rings is 2. The minimum absolute atomic E-state index is 1.09. The van der Waals surface area contributed by atoms with E-state index in [1.807, 2.05) is 97.9 Å². The van der Waals surface area contributed by atoms with Gasteiger partial charge in [0.15, 0.2) is 0 Å². The Labute approximate surface area is 230 Å². The predicted molar refractivity (Wildman–Crippen MR) is 172 cm³/mol. The van der Waals surface area contributed by atoms with Crippen molar-refractivity contribution in [2.75, 3.05) is 0 Å². The Hall–Kier alpha value is -1.56. The Morgan fingerprint density at radius 2 is 0.722 bits per heavy atom. The average Bonchev–Trinajstić information content (AvgIpc) is 3.04. The highest BCUT2D eigenvalue weighted by molar-refractivity contribution is 5.13. The summed E-state index contributed by atoms with van der Waals surface area (Å²) in [6.45, 7) is 20.5. The minimum atomic E-state index is 1.09. The molecular formula is C36H68. The van der Waals surface area contributed by atoms with Crippen molar-refractivity contribution in [2.24, 2.45) is 5.92 Å². The summed E-state index contributed by atoms with van der Waals surface area (Å²) in [4.78, 5) is 0. The summed E-state index contributed by atoms with van der Waals surface area (Å²) in [6, 6.07) is 22.5. The summed E-state index contributed by atoms with van der Waals surface area (Å²) in [5, 5.41) is 0. The summed E-state index contributed by atoms with van der Waals surface area (Å²) < 4.78 is 0. The third-order valence-electron chi connectivity index (χ3n) is 5.72. The average molecular weight is 501 g/mol. The summed E-state index contributed by atoms with van der Waals surface area (Å²) in [5.41, 5.74) is 1.41. The van der Waals surface area contributed by atoms with E-state index in [4.69, 9.17) is 0 Å². The minimum Gasteiger partial charge on any atom is -0.0683 e. The monoisotopic (exact) mass is 501 g/mol. The largest absolute Gasteiger partial charge is 0.0683 e. The third kappa shape index (κ3) is 34.6. The zero-order chi connectivity index (χ0) is 28.1. The van der Waals surface area contributed by atoms with Gasteiger partial charge in [-0.05, 0) is 17.9 Å². The SMILES string of the molecule is C1CCCCC1.CC.CC.CC.CC.CCC1CCCCC1.CCc1ccccc1.c1ccccc1. The highest BCUT2D eigenvalue weighted by atomic mass is 14.2. The molecule has 0 bridgehead atoms. The van der Waals surface area contributed by atoms with Crippen molar-refractivity contribution in [1.29, 1.82) is 0 Å². The molecule has 0 aliphatic heterocycles. The summed E-state index contributed by atoms with van der Waals surface area (Å²) in [6.07, 6.45) is 19.1. The topological polar surface area (TPSA) is 0 Å². The van der Waals surface area contributed by atoms with Crippen molar-refractivity contribution in [3.63, 3.8) is 0 Å². The second-order valence-electron chi connectivity index (χ2n) is 8.03. The van der Waals surface area contributed by atoms with Gasteiger partial charge in [-0.3, -0.25) is 0 Å². The number of aryl methyl sites for hydroxylation is 1. The van der Waals surface area contributed by atoms with Gasteiger partial charge in [-0.25, -0.2) is 0 Å². The Kier molecular flexibility index (Phi) is 50.2. The normalized spacial score (nSPS) is 13.3. The predicted octanol–water partition coefficient (Wildman–Crippen LogP) is 13.4. The molecule has 0 unspecified atom stereocenters. The fourth-order valence-electron chi connectivity index (χ4n) is 3.75. The van der Waals surface area contributed by atoms with Crippen LogP contribution in [0.5, 0.6) is 0 Å². The van der Waals surface area contributed by atoms with E-state index < -0.39 is 0 Å². The molecule has 0 aromatic heterocycles. The van der Waals surface area contributed by atoms with Gasteiger partial charge in [0.1, 0.15) is 0 Å². The summed E-state index contributed by atoms with van der Waals surface area (Å²) >= 11 is 0. The summed E-state index contributed by atoms with van der Waals surface area (Å²) in [7, 11) is 0. The number of hydrogen-bond acceptors (Lipinski definition) is 0. The Morgan fingerprint density at radius 3 is 0.944 bits per heavy atom. The molecule has 2 aromatic rings. The van der Waals surface area contributed by atoms with Crippen molar-refractivity contribution in [2.45, 2.75) is 153 Å². The fourth-order valence-corrected chi connectivity index (χ4v) is 3.75. The molecule has 2 aliphatic carbocycles. The first-order valence-electron chi connectivity index (χ1n) is 15.9. The van der Waals surface area contributed by atoms with Crippen LogP contribution in [0.15, 0.2) is 66.7 Å². The van der Waals surface area contributed by atoms with E-state index in [0.717, 1.165) is 12.3 Å². The standard InChI is InChI=1S/C8H16.C8H10.C6H12.C6H6.4C2H6/c2*1-2-8-6-4-3-5-7-8;2*1-2-4-6-5-3-1;4*1-2/h8H,2-7H2,1H3;3-7H,2H2,1H3;1-6H2;1-6H;4*1-2H3. The molecule has 0 heterocycles. The maximum absolute atomic E-state index is 2.32. The van der Waals surface area contributed by atoms with Gasteiger partial charge >= 0.3 is 0 Å². The number of hydrogen-bond donors (Lipinski definition) is 0. The zero-order valence-corrected chi connectivity index (χ0v) is 26.6. The molecule has 0 nitrogen and oxygen atoms in total. The van der Waals surface area contributed by atoms with Gasteiger partial charge in [0.25, 0.3) is 0 Å². The van der Waals surface area contributed by atoms with Crippen LogP contribution < -0.4 is 0 Å². The molecule has 0 amide bonds. The van der Waals surface area contributed by atoms with Crippen LogP contribution >= 0.6 is 0 Å². The van der Waals surface area contributed by atoms with Crippen molar-refractivity contribution >= 4 is 0 Å². The molecule has 0 N–H and O–H groups in total. The van der Waals surface area contributed by atoms with Gasteiger partial charge in [0.05, 0.1) is 0 Å². The quantitative estimate of drug-likeness (QED) is 0.384. The van der Waals surface area contributed by atoms with Gasteiger partial charge < -0.3 is 0 Å². The van der Waals surface area contributed by atoms with E-state index in [-0.39, 0.29) is 0 Å². The zero-order valence-electron chi connectivity index (χ0n) is 26.6. The molecule has 0 radical (unpaired) electrons. The van der Waals surface area contributed by atoms with Crippen molar-refractivity contribution in [1.82, 2.24) is 0 Å². The van der Waals surface area contributed by atoms with Crippen molar-refractivity contribution in [3.8, 4) is 0 Å². The Balaban J connectivity index is -0.000000174. The van der Waals surface area contributed by atoms with Crippen LogP contribution in [-0.4, -0.2) is 0 Å². The molecule has 36 heavy (non-hydrogen) atoms. The number of rotatable bonds is 2. The molecule has 0 heteroatoms. The maximum Gasteiger partial charge on any atom is -0.0307 e. The molecule has 4 rings (SSSR count). The van der Waals surface area contributed by atoms with E-state index >= 15 is 0 Å². The molecule has 2 fully saturated rings. The van der Waals surface area contributed by atoms with Crippen molar-refractivity contribution in [3.05, 3.63) is 72.3 Å². The lowest BCUT2D eigenvalue weighted by Gasteiger charge is -2.18. The molecule has 0 saturated heterocycles. The van der Waals surface area contributed by atoms with Crippen LogP contribution in [0.4, 0.5) is 0 Å². The lowest BCUT2D eigenvalue weighted by Crippen LogP contribution is -2.03. The third-order valence-corrected chi connectivity index (χ3v) is 5.72. The smallest absolute Gasteiger partial charge is 0.0307 e. The van der Waals surface area contributed by atoms with E-state index in [1.54, 1.807) is 0 Å². The van der Waals surface area contributed by atoms with E-state index in [0.29, 0.717) is 0 Å². The van der Waals surface area contributed by atoms with Gasteiger partial charge in [0.2, 0.25) is 0 Å². The van der Waals surface area contributed by atoms with Crippen LogP contribution in [0, 0.1) is 5.92 Å². The molecular weight excluding hydrogens is 432 g/mol. The highest BCUT2D eigenvalue weighted by Crippen LogP contribution is 2.25. The van der Waals surface area contributed by atoms with Crippen LogP contribution in [0.1, 0.15) is 152 Å². The Morgan fingerprint density at radius 1 is 0.444 bits per heavy atom. The van der Waals surface area contributed by atoms with Crippen LogP contribution in [0.25, 0.3) is 0 Å². The molecule has 2 saturated carbocycles. The first-order chi connectivity index (χ1) is 17.9. The first-order valence-corrected chi connectivity index (χ1v) is 15.9. The second kappa shape index (κ2) is 43.5. The molecule has 2 aromatic carbocycles. The van der Waals surface area contributed by atoms with E-state index in [2.05, 4.69) is 38.1 Å². The molecule has 0 spiro atoms. The van der Waals surface area contributed by atoms with Crippen LogP contribution in [-0.2, 0) is 6.42 Å². The van der Waals surface area contributed by atoms with Gasteiger partial charge in [0, 0.05) is 0 Å².